The van der Waals surface area contributed by atoms with Crippen molar-refractivity contribution in [1.82, 2.24) is 0 Å². The van der Waals surface area contributed by atoms with E-state index >= 15 is 0 Å². The van der Waals surface area contributed by atoms with E-state index in [0.717, 1.165) is 38.5 Å². The van der Waals surface area contributed by atoms with Gasteiger partial charge in [-0.15, -0.1) is 5.92 Å². The van der Waals surface area contributed by atoms with E-state index in [0.29, 0.717) is 25.2 Å². The standard InChI is InChI=1S/C37H63O9.Na.H2O/c1-10-35(33-22(4)17-29(42-33)31-21(3)16-24(6)37(41,11-2)45-31)13-12-30(43-35)34(9)14-15-36(46-34)18-28(40)26(8)32(44-36)25(7)27(20-39)23(5)19-38;;/h21-33,39-41H,10-18,20H2,1-9H3;;1H2/q-1;+1;/p-1/t21?,22-,23?,24?,25?,26?,27?,28?,29+,30?,31?,32?,33?,34?,35?,36+,37?;;/m0../s1. The van der Waals surface area contributed by atoms with Gasteiger partial charge >= 0.3 is 29.6 Å². The Hall–Kier alpha value is 0.310. The molecular weight excluding hydrogens is 627 g/mol. The fourth-order valence-electron chi connectivity index (χ4n) is 10.1. The summed E-state index contributed by atoms with van der Waals surface area (Å²) in [5.74, 6) is -2.50. The van der Waals surface area contributed by atoms with Gasteiger partial charge in [0.05, 0.1) is 47.8 Å². The molecule has 48 heavy (non-hydrogen) atoms. The van der Waals surface area contributed by atoms with Crippen LogP contribution in [0.2, 0.25) is 0 Å². The van der Waals surface area contributed by atoms with Crippen molar-refractivity contribution in [2.24, 2.45) is 41.4 Å². The first kappa shape index (κ1) is 42.7. The maximum absolute atomic E-state index is 11.5. The number of hydrogen-bond donors (Lipinski definition) is 3. The number of aliphatic hydroxyl groups excluding tert-OH is 2. The Balaban J connectivity index is 0.00000312. The fourth-order valence-corrected chi connectivity index (χ4v) is 10.1. The second-order valence-electron chi connectivity index (χ2n) is 16.4. The van der Waals surface area contributed by atoms with E-state index in [1.54, 1.807) is 6.92 Å². The van der Waals surface area contributed by atoms with Gasteiger partial charge in [0.2, 0.25) is 0 Å². The van der Waals surface area contributed by atoms with E-state index in [-0.39, 0.29) is 102 Å². The zero-order chi connectivity index (χ0) is 33.8. The van der Waals surface area contributed by atoms with Gasteiger partial charge in [-0.2, -0.15) is 0 Å². The second kappa shape index (κ2) is 16.1. The van der Waals surface area contributed by atoms with E-state index in [1.165, 1.54) is 0 Å². The number of carbonyl (C=O) groups excluding carboxylic acids is 1. The molecule has 1 spiro atoms. The van der Waals surface area contributed by atoms with Crippen molar-refractivity contribution in [3.8, 4) is 0 Å². The molecule has 5 rings (SSSR count). The van der Waals surface area contributed by atoms with Crippen LogP contribution in [0.25, 0.3) is 0 Å². The van der Waals surface area contributed by atoms with Gasteiger partial charge < -0.3 is 49.3 Å². The Morgan fingerprint density at radius 2 is 1.65 bits per heavy atom. The zero-order valence-corrected chi connectivity index (χ0v) is 33.3. The Bertz CT molecular complexity index is 1070. The zero-order valence-electron chi connectivity index (χ0n) is 31.3. The summed E-state index contributed by atoms with van der Waals surface area (Å²) in [6.45, 7) is 18.4. The first-order chi connectivity index (χ1) is 21.6. The molecule has 5 aliphatic rings. The summed E-state index contributed by atoms with van der Waals surface area (Å²) in [4.78, 5) is 11.5. The average Bonchev–Trinajstić information content (AvgIpc) is 3.73. The van der Waals surface area contributed by atoms with Crippen LogP contribution in [0.15, 0.2) is 0 Å². The van der Waals surface area contributed by atoms with Crippen molar-refractivity contribution >= 4 is 6.29 Å². The third kappa shape index (κ3) is 7.67. The van der Waals surface area contributed by atoms with Gasteiger partial charge in [-0.3, -0.25) is 6.29 Å². The van der Waals surface area contributed by atoms with Gasteiger partial charge in [-0.05, 0) is 75.5 Å². The van der Waals surface area contributed by atoms with Gasteiger partial charge in [0.1, 0.15) is 0 Å². The molecule has 14 unspecified atom stereocenters. The van der Waals surface area contributed by atoms with Crippen molar-refractivity contribution in [3.63, 3.8) is 0 Å². The number of ether oxygens (including phenoxy) is 5. The largest absolute Gasteiger partial charge is 1.00 e. The van der Waals surface area contributed by atoms with Crippen LogP contribution < -0.4 is 29.6 Å². The maximum atomic E-state index is 11.5. The second-order valence-corrected chi connectivity index (χ2v) is 16.4. The molecule has 0 radical (unpaired) electrons. The molecule has 0 bridgehead atoms. The van der Waals surface area contributed by atoms with E-state index in [9.17, 15) is 20.1 Å². The van der Waals surface area contributed by atoms with Crippen LogP contribution in [0.4, 0.5) is 0 Å². The molecule has 0 aromatic rings. The van der Waals surface area contributed by atoms with Gasteiger partial charge in [-0.1, -0.05) is 55.4 Å². The van der Waals surface area contributed by atoms with Crippen molar-refractivity contribution < 1.29 is 78.8 Å². The molecule has 5 heterocycles. The number of rotatable bonds is 10. The van der Waals surface area contributed by atoms with E-state index in [1.807, 2.05) is 27.1 Å². The molecule has 5 fully saturated rings. The predicted molar refractivity (Wildman–Crippen MR) is 175 cm³/mol. The summed E-state index contributed by atoms with van der Waals surface area (Å²) in [7, 11) is 0. The van der Waals surface area contributed by atoms with Crippen LogP contribution in [0.3, 0.4) is 0 Å². The third-order valence-electron chi connectivity index (χ3n) is 13.4. The van der Waals surface area contributed by atoms with Gasteiger partial charge in [0.15, 0.2) is 11.6 Å². The Labute approximate surface area is 311 Å². The summed E-state index contributed by atoms with van der Waals surface area (Å²) < 4.78 is 34.2. The summed E-state index contributed by atoms with van der Waals surface area (Å²) in [6.07, 6.45) is 7.22. The van der Waals surface area contributed by atoms with Crippen LogP contribution in [-0.4, -0.2) is 93.1 Å². The summed E-state index contributed by atoms with van der Waals surface area (Å²) in [6, 6.07) is 0. The van der Waals surface area contributed by atoms with Gasteiger partial charge in [0.25, 0.3) is 0 Å². The maximum Gasteiger partial charge on any atom is 1.00 e. The molecule has 0 saturated carbocycles. The van der Waals surface area contributed by atoms with Crippen LogP contribution >= 0.6 is 0 Å². The Morgan fingerprint density at radius 1 is 0.958 bits per heavy atom. The molecule has 17 atom stereocenters. The Kier molecular flexibility index (Phi) is 14.4. The molecule has 0 amide bonds. The van der Waals surface area contributed by atoms with Crippen LogP contribution in [0.1, 0.15) is 120 Å². The molecule has 10 nitrogen and oxygen atoms in total. The molecule has 0 aromatic heterocycles. The third-order valence-corrected chi connectivity index (χ3v) is 13.4. The monoisotopic (exact) mass is 691 g/mol. The first-order valence-corrected chi connectivity index (χ1v) is 18.4. The molecule has 5 aliphatic heterocycles. The summed E-state index contributed by atoms with van der Waals surface area (Å²) in [5, 5.41) is 32.6. The molecule has 0 aliphatic carbocycles. The normalized spacial score (nSPS) is 49.6. The topological polar surface area (TPSA) is 154 Å². The molecule has 274 valence electrons. The minimum Gasteiger partial charge on any atom is -0.870 e. The fraction of sp³-hybridized carbons (Fsp3) is 0.973. The summed E-state index contributed by atoms with van der Waals surface area (Å²) >= 11 is 0. The first-order valence-electron chi connectivity index (χ1n) is 18.4. The van der Waals surface area contributed by atoms with Crippen molar-refractivity contribution in [2.75, 3.05) is 6.61 Å². The number of hydrogen-bond acceptors (Lipinski definition) is 10. The minimum absolute atomic E-state index is 0. The molecule has 0 aromatic carbocycles. The predicted octanol–water partition coefficient (Wildman–Crippen LogP) is 2.14. The Morgan fingerprint density at radius 3 is 2.25 bits per heavy atom. The average molecular weight is 692 g/mol. The molecule has 5 saturated heterocycles. The van der Waals surface area contributed by atoms with Crippen LogP contribution in [0, 0.1) is 41.4 Å². The van der Waals surface area contributed by atoms with Crippen molar-refractivity contribution in [3.05, 3.63) is 0 Å². The minimum atomic E-state index is -1.11. The number of aliphatic hydroxyl groups is 3. The van der Waals surface area contributed by atoms with E-state index in [4.69, 9.17) is 23.7 Å². The van der Waals surface area contributed by atoms with Crippen LogP contribution in [0.5, 0.6) is 0 Å². The van der Waals surface area contributed by atoms with Crippen molar-refractivity contribution in [2.45, 2.75) is 180 Å². The molecule has 4 N–H and O–H groups in total. The van der Waals surface area contributed by atoms with Crippen molar-refractivity contribution in [1.29, 1.82) is 0 Å². The smallest absolute Gasteiger partial charge is 0.870 e. The quantitative estimate of drug-likeness (QED) is 0.229. The van der Waals surface area contributed by atoms with Gasteiger partial charge in [-0.25, -0.2) is 0 Å². The SMILES string of the molecule is CCC1(O)OC([C@H]2C[C@H](C)C(C3(CC)CCC(C4(C)CC[C@]5(CC(O)C(C)C(C(C)C(CO)C(C)[C-]=O)O5)O4)O3)O2)C(C)CC1C.[Na+].[OH-]. The summed E-state index contributed by atoms with van der Waals surface area (Å²) in [5.41, 5.74) is -1.04. The van der Waals surface area contributed by atoms with Gasteiger partial charge in [0, 0.05) is 31.3 Å². The van der Waals surface area contributed by atoms with E-state index in [2.05, 4.69) is 34.6 Å². The van der Waals surface area contributed by atoms with E-state index < -0.39 is 34.8 Å². The molecule has 11 heteroatoms. The molecular formula is C37H64NaO10-. The van der Waals surface area contributed by atoms with Crippen LogP contribution in [-0.2, 0) is 28.5 Å².